The van der Waals surface area contributed by atoms with Crippen molar-refractivity contribution in [3.05, 3.63) is 35.4 Å². The predicted octanol–water partition coefficient (Wildman–Crippen LogP) is 1.99. The third-order valence-electron chi connectivity index (χ3n) is 3.10. The lowest BCUT2D eigenvalue weighted by molar-refractivity contribution is 0.112. The first-order valence-electron chi connectivity index (χ1n) is 5.50. The number of hydrogen-bond acceptors (Lipinski definition) is 2. The highest BCUT2D eigenvalue weighted by molar-refractivity contribution is 5.74. The van der Waals surface area contributed by atoms with Crippen LogP contribution in [-0.4, -0.2) is 31.3 Å². The first kappa shape index (κ1) is 10.4. The molecule has 1 unspecified atom stereocenters. The van der Waals surface area contributed by atoms with Crippen molar-refractivity contribution < 1.29 is 4.79 Å². The van der Waals surface area contributed by atoms with Crippen molar-refractivity contribution in [3.63, 3.8) is 0 Å². The Morgan fingerprint density at radius 3 is 3.07 bits per heavy atom. The Labute approximate surface area is 90.9 Å². The van der Waals surface area contributed by atoms with E-state index in [-0.39, 0.29) is 0 Å². The summed E-state index contributed by atoms with van der Waals surface area (Å²) in [5.74, 6) is 0.761. The van der Waals surface area contributed by atoms with Gasteiger partial charge in [0.05, 0.1) is 0 Å². The summed E-state index contributed by atoms with van der Waals surface area (Å²) in [6, 6.07) is 7.95. The highest BCUT2D eigenvalue weighted by Crippen LogP contribution is 2.19. The summed E-state index contributed by atoms with van der Waals surface area (Å²) in [5, 5.41) is 0. The van der Waals surface area contributed by atoms with Crippen LogP contribution in [0.1, 0.15) is 22.3 Å². The maximum absolute atomic E-state index is 10.6. The van der Waals surface area contributed by atoms with E-state index in [9.17, 15) is 4.79 Å². The van der Waals surface area contributed by atoms with Crippen molar-refractivity contribution in [2.24, 2.45) is 5.92 Å². The molecule has 1 saturated heterocycles. The second kappa shape index (κ2) is 4.58. The number of benzene rings is 1. The summed E-state index contributed by atoms with van der Waals surface area (Å²) in [7, 11) is 2.17. The second-order valence-electron chi connectivity index (χ2n) is 4.48. The molecule has 1 aromatic carbocycles. The van der Waals surface area contributed by atoms with E-state index < -0.39 is 0 Å². The van der Waals surface area contributed by atoms with Gasteiger partial charge in [-0.2, -0.15) is 0 Å². The van der Waals surface area contributed by atoms with Gasteiger partial charge in [-0.25, -0.2) is 0 Å². The van der Waals surface area contributed by atoms with E-state index in [0.717, 1.165) is 24.2 Å². The maximum atomic E-state index is 10.6. The molecule has 0 aromatic heterocycles. The molecule has 2 nitrogen and oxygen atoms in total. The minimum Gasteiger partial charge on any atom is -0.306 e. The fourth-order valence-electron chi connectivity index (χ4n) is 2.32. The van der Waals surface area contributed by atoms with Crippen molar-refractivity contribution in [2.45, 2.75) is 12.8 Å². The zero-order valence-electron chi connectivity index (χ0n) is 9.15. The van der Waals surface area contributed by atoms with E-state index >= 15 is 0 Å². The summed E-state index contributed by atoms with van der Waals surface area (Å²) in [6.45, 7) is 2.39. The molecule has 0 aliphatic carbocycles. The molecular weight excluding hydrogens is 186 g/mol. The maximum Gasteiger partial charge on any atom is 0.150 e. The van der Waals surface area contributed by atoms with E-state index in [4.69, 9.17) is 0 Å². The molecule has 1 atom stereocenters. The van der Waals surface area contributed by atoms with Crippen LogP contribution in [0.25, 0.3) is 0 Å². The lowest BCUT2D eigenvalue weighted by atomic mass is 9.98. The average molecular weight is 203 g/mol. The molecule has 1 fully saturated rings. The first-order chi connectivity index (χ1) is 7.28. The summed E-state index contributed by atoms with van der Waals surface area (Å²) >= 11 is 0. The van der Waals surface area contributed by atoms with Gasteiger partial charge in [0.15, 0.2) is 0 Å². The Morgan fingerprint density at radius 2 is 2.40 bits per heavy atom. The van der Waals surface area contributed by atoms with Gasteiger partial charge in [0.25, 0.3) is 0 Å². The largest absolute Gasteiger partial charge is 0.306 e. The van der Waals surface area contributed by atoms with Crippen LogP contribution in [0.4, 0.5) is 0 Å². The molecule has 1 aliphatic heterocycles. The zero-order valence-corrected chi connectivity index (χ0v) is 9.15. The van der Waals surface area contributed by atoms with Gasteiger partial charge in [0.1, 0.15) is 6.29 Å². The fraction of sp³-hybridized carbons (Fsp3) is 0.462. The van der Waals surface area contributed by atoms with Gasteiger partial charge >= 0.3 is 0 Å². The predicted molar refractivity (Wildman–Crippen MR) is 61.1 cm³/mol. The third kappa shape index (κ3) is 2.66. The lowest BCUT2D eigenvalue weighted by Gasteiger charge is -2.10. The Hall–Kier alpha value is -1.15. The van der Waals surface area contributed by atoms with Crippen molar-refractivity contribution >= 4 is 6.29 Å². The molecule has 0 spiro atoms. The molecule has 2 heteroatoms. The quantitative estimate of drug-likeness (QED) is 0.700. The van der Waals surface area contributed by atoms with Gasteiger partial charge in [-0.1, -0.05) is 18.2 Å². The molecule has 0 radical (unpaired) electrons. The third-order valence-corrected chi connectivity index (χ3v) is 3.10. The molecule has 0 bridgehead atoms. The summed E-state index contributed by atoms with van der Waals surface area (Å²) in [6.07, 6.45) is 3.30. The fourth-order valence-corrected chi connectivity index (χ4v) is 2.32. The Balaban J connectivity index is 2.01. The van der Waals surface area contributed by atoms with Crippen LogP contribution < -0.4 is 0 Å². The summed E-state index contributed by atoms with van der Waals surface area (Å²) in [4.78, 5) is 13.0. The van der Waals surface area contributed by atoms with E-state index in [1.54, 1.807) is 0 Å². The van der Waals surface area contributed by atoms with Gasteiger partial charge in [0.2, 0.25) is 0 Å². The van der Waals surface area contributed by atoms with Gasteiger partial charge in [0, 0.05) is 12.1 Å². The van der Waals surface area contributed by atoms with E-state index in [0.29, 0.717) is 0 Å². The van der Waals surface area contributed by atoms with Crippen molar-refractivity contribution in [1.29, 1.82) is 0 Å². The van der Waals surface area contributed by atoms with Crippen LogP contribution in [0.3, 0.4) is 0 Å². The standard InChI is InChI=1S/C13H17NO/c1-14-6-5-12(9-14)7-11-3-2-4-13(8-11)10-15/h2-4,8,10,12H,5-7,9H2,1H3. The molecule has 0 amide bonds. The minimum absolute atomic E-state index is 0.761. The molecule has 1 heterocycles. The molecule has 1 aliphatic rings. The van der Waals surface area contributed by atoms with E-state index in [1.807, 2.05) is 18.2 Å². The van der Waals surface area contributed by atoms with Crippen LogP contribution in [0, 0.1) is 5.92 Å². The minimum atomic E-state index is 0.761. The molecular formula is C13H17NO. The zero-order chi connectivity index (χ0) is 10.7. The Bertz CT molecular complexity index is 348. The van der Waals surface area contributed by atoms with Gasteiger partial charge in [-0.3, -0.25) is 4.79 Å². The first-order valence-corrected chi connectivity index (χ1v) is 5.50. The van der Waals surface area contributed by atoms with Crippen molar-refractivity contribution in [2.75, 3.05) is 20.1 Å². The van der Waals surface area contributed by atoms with Gasteiger partial charge < -0.3 is 4.90 Å². The number of rotatable bonds is 3. The monoisotopic (exact) mass is 203 g/mol. The molecule has 0 N–H and O–H groups in total. The highest BCUT2D eigenvalue weighted by atomic mass is 16.1. The van der Waals surface area contributed by atoms with E-state index in [2.05, 4.69) is 18.0 Å². The average Bonchev–Trinajstić information content (AvgIpc) is 2.64. The second-order valence-corrected chi connectivity index (χ2v) is 4.48. The molecule has 80 valence electrons. The number of nitrogens with zero attached hydrogens (tertiary/aromatic N) is 1. The highest BCUT2D eigenvalue weighted by Gasteiger charge is 2.19. The number of hydrogen-bond donors (Lipinski definition) is 0. The Kier molecular flexibility index (Phi) is 3.17. The Morgan fingerprint density at radius 1 is 1.53 bits per heavy atom. The topological polar surface area (TPSA) is 20.3 Å². The number of aldehydes is 1. The van der Waals surface area contributed by atoms with Crippen LogP contribution in [-0.2, 0) is 6.42 Å². The number of carbonyl (C=O) groups excluding carboxylic acids is 1. The van der Waals surface area contributed by atoms with Gasteiger partial charge in [-0.15, -0.1) is 0 Å². The number of likely N-dealkylation sites (tertiary alicyclic amines) is 1. The summed E-state index contributed by atoms with van der Waals surface area (Å²) < 4.78 is 0. The number of carbonyl (C=O) groups is 1. The molecule has 0 saturated carbocycles. The normalized spacial score (nSPS) is 21.8. The van der Waals surface area contributed by atoms with Crippen LogP contribution in [0.2, 0.25) is 0 Å². The van der Waals surface area contributed by atoms with Crippen molar-refractivity contribution in [1.82, 2.24) is 4.90 Å². The van der Waals surface area contributed by atoms with E-state index in [1.165, 1.54) is 25.1 Å². The van der Waals surface area contributed by atoms with Crippen LogP contribution >= 0.6 is 0 Å². The van der Waals surface area contributed by atoms with Crippen LogP contribution in [0.15, 0.2) is 24.3 Å². The summed E-state index contributed by atoms with van der Waals surface area (Å²) in [5.41, 5.74) is 2.08. The smallest absolute Gasteiger partial charge is 0.150 e. The lowest BCUT2D eigenvalue weighted by Crippen LogP contribution is -2.15. The molecule has 1 aromatic rings. The van der Waals surface area contributed by atoms with Crippen molar-refractivity contribution in [3.8, 4) is 0 Å². The molecule has 15 heavy (non-hydrogen) atoms. The van der Waals surface area contributed by atoms with Gasteiger partial charge in [-0.05, 0) is 44.0 Å². The molecule has 2 rings (SSSR count). The van der Waals surface area contributed by atoms with Crippen LogP contribution in [0.5, 0.6) is 0 Å². The SMILES string of the molecule is CN1CCC(Cc2cccc(C=O)c2)C1.